The molecule has 2 aromatic rings. The minimum absolute atomic E-state index is 0.0913. The van der Waals surface area contributed by atoms with Gasteiger partial charge in [-0.05, 0) is 24.3 Å². The summed E-state index contributed by atoms with van der Waals surface area (Å²) in [5.41, 5.74) is 0.902. The normalized spacial score (nSPS) is 10.3. The number of rotatable bonds is 4. The topological polar surface area (TPSA) is 62.5 Å². The van der Waals surface area contributed by atoms with E-state index in [4.69, 9.17) is 9.52 Å². The fourth-order valence-corrected chi connectivity index (χ4v) is 1.75. The van der Waals surface area contributed by atoms with Crippen molar-refractivity contribution in [1.29, 1.82) is 0 Å². The zero-order valence-electron chi connectivity index (χ0n) is 9.52. The smallest absolute Gasteiger partial charge is 0.287 e. The Morgan fingerprint density at radius 2 is 1.94 bits per heavy atom. The van der Waals surface area contributed by atoms with Gasteiger partial charge in [0.2, 0.25) is 0 Å². The number of carbonyl (C=O) groups is 1. The van der Waals surface area contributed by atoms with Gasteiger partial charge in [-0.3, -0.25) is 4.79 Å². The van der Waals surface area contributed by atoms with Crippen molar-refractivity contribution in [2.45, 2.75) is 0 Å². The maximum Gasteiger partial charge on any atom is 0.287 e. The van der Waals surface area contributed by atoms with E-state index in [-0.39, 0.29) is 24.8 Å². The summed E-state index contributed by atoms with van der Waals surface area (Å²) < 4.78 is 6.44. The highest BCUT2D eigenvalue weighted by Crippen LogP contribution is 2.23. The Bertz CT molecular complexity index is 533. The summed E-state index contributed by atoms with van der Waals surface area (Å²) in [4.78, 5) is 11.6. The van der Waals surface area contributed by atoms with Crippen molar-refractivity contribution in [2.75, 3.05) is 13.2 Å². The molecule has 1 amide bonds. The van der Waals surface area contributed by atoms with Gasteiger partial charge in [-0.25, -0.2) is 0 Å². The molecule has 2 N–H and O–H groups in total. The molecule has 0 aliphatic carbocycles. The van der Waals surface area contributed by atoms with E-state index in [1.807, 2.05) is 24.3 Å². The van der Waals surface area contributed by atoms with E-state index in [1.165, 1.54) is 0 Å². The lowest BCUT2D eigenvalue weighted by molar-refractivity contribution is 0.0918. The number of nitrogens with one attached hydrogen (secondary N) is 1. The van der Waals surface area contributed by atoms with Gasteiger partial charge in [-0.1, -0.05) is 28.1 Å². The van der Waals surface area contributed by atoms with Gasteiger partial charge in [0.15, 0.2) is 5.76 Å². The van der Waals surface area contributed by atoms with Crippen LogP contribution in [0.5, 0.6) is 0 Å². The second-order valence-electron chi connectivity index (χ2n) is 3.65. The first-order valence-corrected chi connectivity index (χ1v) is 6.25. The van der Waals surface area contributed by atoms with Crippen LogP contribution < -0.4 is 5.32 Å². The van der Waals surface area contributed by atoms with Crippen molar-refractivity contribution in [3.63, 3.8) is 0 Å². The molecule has 0 spiro atoms. The summed E-state index contributed by atoms with van der Waals surface area (Å²) in [5.74, 6) is 0.547. The summed E-state index contributed by atoms with van der Waals surface area (Å²) in [5, 5.41) is 11.2. The van der Waals surface area contributed by atoms with E-state index in [9.17, 15) is 4.79 Å². The number of hydrogen-bond acceptors (Lipinski definition) is 3. The Balaban J connectivity index is 2.15. The van der Waals surface area contributed by atoms with Crippen LogP contribution in [-0.2, 0) is 0 Å². The summed E-state index contributed by atoms with van der Waals surface area (Å²) in [6, 6.07) is 11.0. The van der Waals surface area contributed by atoms with E-state index in [0.29, 0.717) is 5.76 Å². The van der Waals surface area contributed by atoms with Gasteiger partial charge in [-0.15, -0.1) is 0 Å². The maximum absolute atomic E-state index is 11.6. The number of amides is 1. The number of hydrogen-bond donors (Lipinski definition) is 2. The molecule has 1 aromatic carbocycles. The Kier molecular flexibility index (Phi) is 4.17. The number of aliphatic hydroxyl groups excluding tert-OH is 1. The Morgan fingerprint density at radius 3 is 2.61 bits per heavy atom. The van der Waals surface area contributed by atoms with Crippen LogP contribution in [0.1, 0.15) is 10.6 Å². The molecule has 5 heteroatoms. The molecule has 0 saturated heterocycles. The Hall–Kier alpha value is -1.59. The fraction of sp³-hybridized carbons (Fsp3) is 0.154. The second-order valence-corrected chi connectivity index (χ2v) is 4.57. The average Bonchev–Trinajstić information content (AvgIpc) is 2.86. The van der Waals surface area contributed by atoms with Crippen LogP contribution in [0.15, 0.2) is 45.3 Å². The lowest BCUT2D eigenvalue weighted by Gasteiger charge is -2.00. The largest absolute Gasteiger partial charge is 0.451 e. The van der Waals surface area contributed by atoms with Crippen LogP contribution in [0.2, 0.25) is 0 Å². The molecule has 0 radical (unpaired) electrons. The first-order chi connectivity index (χ1) is 8.70. The predicted molar refractivity (Wildman–Crippen MR) is 71.3 cm³/mol. The quantitative estimate of drug-likeness (QED) is 0.912. The van der Waals surface area contributed by atoms with Crippen molar-refractivity contribution in [1.82, 2.24) is 5.32 Å². The van der Waals surface area contributed by atoms with Crippen molar-refractivity contribution in [2.24, 2.45) is 0 Å². The second kappa shape index (κ2) is 5.84. The van der Waals surface area contributed by atoms with Gasteiger partial charge in [-0.2, -0.15) is 0 Å². The van der Waals surface area contributed by atoms with Crippen molar-refractivity contribution in [3.05, 3.63) is 46.6 Å². The van der Waals surface area contributed by atoms with Crippen LogP contribution >= 0.6 is 15.9 Å². The molecule has 1 aromatic heterocycles. The highest BCUT2D eigenvalue weighted by atomic mass is 79.9. The first kappa shape index (κ1) is 12.9. The number of benzene rings is 1. The van der Waals surface area contributed by atoms with Crippen molar-refractivity contribution in [3.8, 4) is 11.3 Å². The molecule has 0 unspecified atom stereocenters. The van der Waals surface area contributed by atoms with Crippen LogP contribution in [0.3, 0.4) is 0 Å². The molecule has 1 heterocycles. The molecular weight excluding hydrogens is 298 g/mol. The lowest BCUT2D eigenvalue weighted by Crippen LogP contribution is -2.25. The van der Waals surface area contributed by atoms with Gasteiger partial charge in [0.05, 0.1) is 6.61 Å². The summed E-state index contributed by atoms with van der Waals surface area (Å²) in [6.45, 7) is 0.124. The predicted octanol–water partition coefficient (Wildman–Crippen LogP) is 2.43. The molecular formula is C13H12BrNO3. The number of aliphatic hydroxyl groups is 1. The van der Waals surface area contributed by atoms with Gasteiger partial charge in [0, 0.05) is 16.6 Å². The highest BCUT2D eigenvalue weighted by molar-refractivity contribution is 9.10. The summed E-state index contributed by atoms with van der Waals surface area (Å²) in [7, 11) is 0. The number of halogens is 1. The molecule has 2 rings (SSSR count). The molecule has 18 heavy (non-hydrogen) atoms. The van der Waals surface area contributed by atoms with E-state index in [2.05, 4.69) is 21.2 Å². The highest BCUT2D eigenvalue weighted by Gasteiger charge is 2.11. The Morgan fingerprint density at radius 1 is 1.22 bits per heavy atom. The third-order valence-electron chi connectivity index (χ3n) is 2.36. The first-order valence-electron chi connectivity index (χ1n) is 5.45. The van der Waals surface area contributed by atoms with Gasteiger partial charge in [0.1, 0.15) is 5.76 Å². The fourth-order valence-electron chi connectivity index (χ4n) is 1.49. The van der Waals surface area contributed by atoms with Crippen LogP contribution in [0, 0.1) is 0 Å². The molecule has 0 aliphatic rings. The zero-order valence-corrected chi connectivity index (χ0v) is 11.1. The minimum Gasteiger partial charge on any atom is -0.451 e. The molecule has 0 aliphatic heterocycles. The summed E-state index contributed by atoms with van der Waals surface area (Å²) in [6.07, 6.45) is 0. The third-order valence-corrected chi connectivity index (χ3v) is 2.88. The van der Waals surface area contributed by atoms with Crippen LogP contribution in [0.25, 0.3) is 11.3 Å². The number of carbonyl (C=O) groups excluding carboxylic acids is 1. The molecule has 0 saturated carbocycles. The summed E-state index contributed by atoms with van der Waals surface area (Å²) >= 11 is 3.36. The van der Waals surface area contributed by atoms with Gasteiger partial charge >= 0.3 is 0 Å². The molecule has 0 fully saturated rings. The standard InChI is InChI=1S/C13H12BrNO3/c14-10-3-1-9(2-4-10)11-5-6-12(18-11)13(17)15-7-8-16/h1-6,16H,7-8H2,(H,15,17). The Labute approximate surface area is 113 Å². The van der Waals surface area contributed by atoms with Gasteiger partial charge < -0.3 is 14.8 Å². The molecule has 94 valence electrons. The lowest BCUT2D eigenvalue weighted by atomic mass is 10.2. The van der Waals surface area contributed by atoms with Crippen LogP contribution in [0.4, 0.5) is 0 Å². The molecule has 0 atom stereocenters. The monoisotopic (exact) mass is 309 g/mol. The maximum atomic E-state index is 11.6. The molecule has 4 nitrogen and oxygen atoms in total. The zero-order chi connectivity index (χ0) is 13.0. The van der Waals surface area contributed by atoms with E-state index in [1.54, 1.807) is 12.1 Å². The van der Waals surface area contributed by atoms with Gasteiger partial charge in [0.25, 0.3) is 5.91 Å². The van der Waals surface area contributed by atoms with E-state index < -0.39 is 0 Å². The van der Waals surface area contributed by atoms with E-state index >= 15 is 0 Å². The van der Waals surface area contributed by atoms with Crippen LogP contribution in [-0.4, -0.2) is 24.2 Å². The molecule has 0 bridgehead atoms. The SMILES string of the molecule is O=C(NCCO)c1ccc(-c2ccc(Br)cc2)o1. The van der Waals surface area contributed by atoms with Crippen molar-refractivity contribution >= 4 is 21.8 Å². The minimum atomic E-state index is -0.326. The number of furan rings is 1. The van der Waals surface area contributed by atoms with E-state index in [0.717, 1.165) is 10.0 Å². The average molecular weight is 310 g/mol. The van der Waals surface area contributed by atoms with Crippen molar-refractivity contribution < 1.29 is 14.3 Å². The third kappa shape index (κ3) is 3.00.